The summed E-state index contributed by atoms with van der Waals surface area (Å²) in [7, 11) is 0. The maximum Gasteiger partial charge on any atom is 0.344 e. The molecule has 0 radical (unpaired) electrons. The topological polar surface area (TPSA) is 76.0 Å². The number of carbonyl (C=O) groups is 1. The highest BCUT2D eigenvalue weighted by Crippen LogP contribution is 2.31. The van der Waals surface area contributed by atoms with Crippen LogP contribution in [0.5, 0.6) is 5.75 Å². The van der Waals surface area contributed by atoms with Crippen molar-refractivity contribution < 1.29 is 24.5 Å². The highest BCUT2D eigenvalue weighted by Gasteiger charge is 2.23. The second kappa shape index (κ2) is 6.67. The van der Waals surface area contributed by atoms with Crippen molar-refractivity contribution in [1.82, 2.24) is 0 Å². The molecular weight excluding hydrogens is 284 g/mol. The number of hydrogen-bond donors (Lipinski definition) is 2. The normalized spacial score (nSPS) is 12.4. The van der Waals surface area contributed by atoms with E-state index in [1.54, 1.807) is 59.7 Å². The molecule has 2 N–H and O–H groups in total. The van der Waals surface area contributed by atoms with Gasteiger partial charge in [-0.15, -0.1) is 0 Å². The van der Waals surface area contributed by atoms with Crippen molar-refractivity contribution in [3.8, 4) is 5.75 Å². The Labute approximate surface area is 131 Å². The summed E-state index contributed by atoms with van der Waals surface area (Å²) < 4.78 is 10.4. The summed E-state index contributed by atoms with van der Waals surface area (Å²) in [5.41, 5.74) is -0.978. The number of benzene rings is 1. The predicted octanol–water partition coefficient (Wildman–Crippen LogP) is 2.47. The number of ether oxygens (including phenoxy) is 2. The van der Waals surface area contributed by atoms with Gasteiger partial charge in [0.1, 0.15) is 5.75 Å². The Balaban J connectivity index is 3.01. The fourth-order valence-corrected chi connectivity index (χ4v) is 1.83. The summed E-state index contributed by atoms with van der Waals surface area (Å²) in [6, 6.07) is 5.02. The number of esters is 1. The number of aliphatic hydroxyl groups is 2. The van der Waals surface area contributed by atoms with Crippen LogP contribution in [-0.4, -0.2) is 28.9 Å². The SMILES string of the molecule is CC(C)OC(=O)COc1cc(C(C)(C)O)cc(C(C)(C)O)c1. The maximum atomic E-state index is 11.5. The van der Waals surface area contributed by atoms with E-state index in [1.807, 2.05) is 0 Å². The molecule has 0 aliphatic carbocycles. The van der Waals surface area contributed by atoms with Gasteiger partial charge in [-0.25, -0.2) is 4.79 Å². The second-order valence-corrected chi connectivity index (χ2v) is 6.69. The molecule has 5 heteroatoms. The highest BCUT2D eigenvalue weighted by molar-refractivity contribution is 5.71. The number of carbonyl (C=O) groups excluding carboxylic acids is 1. The summed E-state index contributed by atoms with van der Waals surface area (Å²) in [6.07, 6.45) is -0.203. The molecule has 0 spiro atoms. The van der Waals surface area contributed by atoms with E-state index in [2.05, 4.69) is 0 Å². The Morgan fingerprint density at radius 1 is 1.05 bits per heavy atom. The van der Waals surface area contributed by atoms with Crippen LogP contribution < -0.4 is 4.74 Å². The van der Waals surface area contributed by atoms with Gasteiger partial charge < -0.3 is 19.7 Å². The Morgan fingerprint density at radius 3 is 1.86 bits per heavy atom. The third-order valence-corrected chi connectivity index (χ3v) is 3.04. The predicted molar refractivity (Wildman–Crippen MR) is 83.7 cm³/mol. The van der Waals surface area contributed by atoms with Crippen LogP contribution in [0, 0.1) is 0 Å². The smallest absolute Gasteiger partial charge is 0.344 e. The van der Waals surface area contributed by atoms with Crippen molar-refractivity contribution in [1.29, 1.82) is 0 Å². The zero-order valence-corrected chi connectivity index (χ0v) is 14.1. The first kappa shape index (κ1) is 18.5. The van der Waals surface area contributed by atoms with Gasteiger partial charge in [0.15, 0.2) is 6.61 Å². The van der Waals surface area contributed by atoms with E-state index in [0.29, 0.717) is 16.9 Å². The fourth-order valence-electron chi connectivity index (χ4n) is 1.83. The first-order valence-electron chi connectivity index (χ1n) is 7.32. The highest BCUT2D eigenvalue weighted by atomic mass is 16.6. The molecule has 0 atom stereocenters. The van der Waals surface area contributed by atoms with Gasteiger partial charge in [0.25, 0.3) is 0 Å². The van der Waals surface area contributed by atoms with Crippen molar-refractivity contribution in [3.63, 3.8) is 0 Å². The van der Waals surface area contributed by atoms with Crippen LogP contribution in [0.2, 0.25) is 0 Å². The molecular formula is C17H26O5. The Bertz CT molecular complexity index is 489. The van der Waals surface area contributed by atoms with Crippen LogP contribution in [0.1, 0.15) is 52.7 Å². The van der Waals surface area contributed by atoms with E-state index in [1.165, 1.54) is 0 Å². The standard InChI is InChI=1S/C17H26O5/c1-11(2)22-15(18)10-21-14-8-12(16(3,4)19)7-13(9-14)17(5,6)20/h7-9,11,19-20H,10H2,1-6H3. The molecule has 0 aliphatic rings. The van der Waals surface area contributed by atoms with Gasteiger partial charge in [0.2, 0.25) is 0 Å². The number of rotatable bonds is 6. The van der Waals surface area contributed by atoms with Gasteiger partial charge in [0.05, 0.1) is 17.3 Å². The molecule has 1 aromatic carbocycles. The van der Waals surface area contributed by atoms with Gasteiger partial charge >= 0.3 is 5.97 Å². The molecule has 0 amide bonds. The van der Waals surface area contributed by atoms with E-state index in [9.17, 15) is 15.0 Å². The van der Waals surface area contributed by atoms with Gasteiger partial charge in [-0.05, 0) is 70.9 Å². The van der Waals surface area contributed by atoms with Crippen molar-refractivity contribution >= 4 is 5.97 Å². The zero-order valence-electron chi connectivity index (χ0n) is 14.1. The molecule has 22 heavy (non-hydrogen) atoms. The van der Waals surface area contributed by atoms with Crippen LogP contribution in [0.25, 0.3) is 0 Å². The first-order chi connectivity index (χ1) is 9.89. The second-order valence-electron chi connectivity index (χ2n) is 6.69. The lowest BCUT2D eigenvalue weighted by molar-refractivity contribution is -0.149. The third-order valence-electron chi connectivity index (χ3n) is 3.04. The molecule has 0 saturated carbocycles. The van der Waals surface area contributed by atoms with Crippen LogP contribution in [0.15, 0.2) is 18.2 Å². The molecule has 0 fully saturated rings. The first-order valence-corrected chi connectivity index (χ1v) is 7.32. The monoisotopic (exact) mass is 310 g/mol. The van der Waals surface area contributed by atoms with Gasteiger partial charge in [-0.2, -0.15) is 0 Å². The molecule has 0 saturated heterocycles. The van der Waals surface area contributed by atoms with Crippen LogP contribution in [0.3, 0.4) is 0 Å². The van der Waals surface area contributed by atoms with Crippen molar-refractivity contribution in [3.05, 3.63) is 29.3 Å². The van der Waals surface area contributed by atoms with Gasteiger partial charge in [-0.3, -0.25) is 0 Å². The molecule has 1 aromatic rings. The summed E-state index contributed by atoms with van der Waals surface area (Å²) in [4.78, 5) is 11.5. The molecule has 124 valence electrons. The fraction of sp³-hybridized carbons (Fsp3) is 0.588. The quantitative estimate of drug-likeness (QED) is 0.789. The maximum absolute atomic E-state index is 11.5. The van der Waals surface area contributed by atoms with Crippen LogP contribution in [-0.2, 0) is 20.7 Å². The molecule has 0 bridgehead atoms. The number of hydrogen-bond acceptors (Lipinski definition) is 5. The summed E-state index contributed by atoms with van der Waals surface area (Å²) >= 11 is 0. The average Bonchev–Trinajstić information content (AvgIpc) is 2.33. The zero-order chi connectivity index (χ0) is 17.1. The average molecular weight is 310 g/mol. The Hall–Kier alpha value is -1.59. The molecule has 0 unspecified atom stereocenters. The van der Waals surface area contributed by atoms with Crippen molar-refractivity contribution in [2.45, 2.75) is 58.8 Å². The summed E-state index contributed by atoms with van der Waals surface area (Å²) in [5, 5.41) is 20.3. The van der Waals surface area contributed by atoms with Crippen LogP contribution in [0.4, 0.5) is 0 Å². The van der Waals surface area contributed by atoms with Crippen molar-refractivity contribution in [2.24, 2.45) is 0 Å². The van der Waals surface area contributed by atoms with Crippen LogP contribution >= 0.6 is 0 Å². The largest absolute Gasteiger partial charge is 0.482 e. The van der Waals surface area contributed by atoms with Crippen molar-refractivity contribution in [2.75, 3.05) is 6.61 Å². The lowest BCUT2D eigenvalue weighted by Gasteiger charge is -2.24. The molecule has 0 aliphatic heterocycles. The lowest BCUT2D eigenvalue weighted by atomic mass is 9.90. The Morgan fingerprint density at radius 2 is 1.50 bits per heavy atom. The molecule has 5 nitrogen and oxygen atoms in total. The summed E-state index contributed by atoms with van der Waals surface area (Å²) in [5.74, 6) is -0.0640. The molecule has 0 aromatic heterocycles. The molecule has 1 rings (SSSR count). The Kier molecular flexibility index (Phi) is 5.59. The lowest BCUT2D eigenvalue weighted by Crippen LogP contribution is -2.22. The van der Waals surface area contributed by atoms with E-state index < -0.39 is 17.2 Å². The van der Waals surface area contributed by atoms with E-state index in [4.69, 9.17) is 9.47 Å². The minimum absolute atomic E-state index is 0.203. The van der Waals surface area contributed by atoms with E-state index >= 15 is 0 Å². The minimum Gasteiger partial charge on any atom is -0.482 e. The minimum atomic E-state index is -1.09. The van der Waals surface area contributed by atoms with Gasteiger partial charge in [0, 0.05) is 0 Å². The third kappa shape index (κ3) is 5.66. The van der Waals surface area contributed by atoms with E-state index in [0.717, 1.165) is 0 Å². The summed E-state index contributed by atoms with van der Waals surface area (Å²) in [6.45, 7) is 9.89. The molecule has 0 heterocycles. The van der Waals surface area contributed by atoms with Gasteiger partial charge in [-0.1, -0.05) is 0 Å². The van der Waals surface area contributed by atoms with E-state index in [-0.39, 0.29) is 12.7 Å².